The maximum absolute atomic E-state index is 12.6. The maximum atomic E-state index is 12.6. The second kappa shape index (κ2) is 8.87. The summed E-state index contributed by atoms with van der Waals surface area (Å²) in [6.45, 7) is 4.05. The minimum atomic E-state index is -0.0453. The Bertz CT molecular complexity index is 890. The number of imidazole rings is 1. The Morgan fingerprint density at radius 1 is 1.19 bits per heavy atom. The molecule has 0 aliphatic heterocycles. The molecule has 1 aromatic heterocycles. The Balaban J connectivity index is 1.76. The van der Waals surface area contributed by atoms with Crippen LogP contribution in [-0.4, -0.2) is 28.3 Å². The number of carbonyl (C=O) groups is 1. The van der Waals surface area contributed by atoms with E-state index < -0.39 is 0 Å². The molecule has 0 aliphatic rings. The molecular formula is C20H24N4OS. The van der Waals surface area contributed by atoms with Gasteiger partial charge in [-0.05, 0) is 42.6 Å². The molecule has 6 heteroatoms. The molecule has 0 saturated carbocycles. The summed E-state index contributed by atoms with van der Waals surface area (Å²) in [7, 11) is 0. The van der Waals surface area contributed by atoms with Gasteiger partial charge in [0.25, 0.3) is 0 Å². The van der Waals surface area contributed by atoms with Crippen molar-refractivity contribution in [1.82, 2.24) is 14.9 Å². The smallest absolute Gasteiger partial charge is 0.244 e. The minimum Gasteiger partial charge on any atom is -0.325 e. The van der Waals surface area contributed by atoms with E-state index in [1.165, 1.54) is 0 Å². The van der Waals surface area contributed by atoms with Crippen molar-refractivity contribution in [2.24, 2.45) is 0 Å². The van der Waals surface area contributed by atoms with Gasteiger partial charge in [0.2, 0.25) is 5.91 Å². The largest absolute Gasteiger partial charge is 0.325 e. The predicted molar refractivity (Wildman–Crippen MR) is 109 cm³/mol. The van der Waals surface area contributed by atoms with Crippen LogP contribution in [0, 0.1) is 0 Å². The number of benzene rings is 2. The fourth-order valence-corrected chi connectivity index (χ4v) is 3.39. The molecule has 136 valence electrons. The number of hydrogen-bond acceptors (Lipinski definition) is 4. The van der Waals surface area contributed by atoms with Crippen LogP contribution in [0.25, 0.3) is 11.0 Å². The third-order valence-corrected chi connectivity index (χ3v) is 4.65. The van der Waals surface area contributed by atoms with Gasteiger partial charge in [0.1, 0.15) is 12.4 Å². The van der Waals surface area contributed by atoms with Crippen LogP contribution in [0.3, 0.4) is 0 Å². The molecule has 1 heterocycles. The van der Waals surface area contributed by atoms with Gasteiger partial charge in [-0.15, -0.1) is 0 Å². The van der Waals surface area contributed by atoms with Crippen molar-refractivity contribution in [3.63, 3.8) is 0 Å². The fraction of sp³-hybridized carbons (Fsp3) is 0.300. The third-order valence-electron chi connectivity index (χ3n) is 4.10. The summed E-state index contributed by atoms with van der Waals surface area (Å²) >= 11 is 1.70. The molecule has 3 rings (SSSR count). The first-order chi connectivity index (χ1) is 12.7. The molecule has 0 spiro atoms. The summed E-state index contributed by atoms with van der Waals surface area (Å²) in [5.74, 6) is 1.66. The van der Waals surface area contributed by atoms with Gasteiger partial charge >= 0.3 is 0 Å². The Kier molecular flexibility index (Phi) is 6.30. The zero-order valence-electron chi connectivity index (χ0n) is 15.2. The van der Waals surface area contributed by atoms with Crippen molar-refractivity contribution >= 4 is 34.4 Å². The fourth-order valence-electron chi connectivity index (χ4n) is 2.91. The highest BCUT2D eigenvalue weighted by Crippen LogP contribution is 2.19. The van der Waals surface area contributed by atoms with Gasteiger partial charge in [-0.25, -0.2) is 4.98 Å². The Labute approximate surface area is 158 Å². The lowest BCUT2D eigenvalue weighted by Crippen LogP contribution is -2.20. The van der Waals surface area contributed by atoms with Gasteiger partial charge in [-0.3, -0.25) is 4.79 Å². The van der Waals surface area contributed by atoms with Crippen LogP contribution >= 0.6 is 11.8 Å². The summed E-state index contributed by atoms with van der Waals surface area (Å²) in [5, 5.41) is 6.30. The topological polar surface area (TPSA) is 58.9 Å². The molecule has 5 nitrogen and oxygen atoms in total. The number of nitrogens with zero attached hydrogens (tertiary/aromatic N) is 2. The normalized spacial score (nSPS) is 11.0. The number of aromatic nitrogens is 2. The number of anilines is 1. The van der Waals surface area contributed by atoms with Crippen LogP contribution in [0.2, 0.25) is 0 Å². The Hall–Kier alpha value is -2.31. The molecule has 0 saturated heterocycles. The molecule has 2 aromatic carbocycles. The monoisotopic (exact) mass is 368 g/mol. The van der Waals surface area contributed by atoms with Crippen LogP contribution in [0.4, 0.5) is 5.69 Å². The SMILES string of the molecule is CCNCc1cccc(NC(=O)Cn2c(CSC)nc3ccccc32)c1. The maximum Gasteiger partial charge on any atom is 0.244 e. The lowest BCUT2D eigenvalue weighted by Gasteiger charge is -2.11. The molecule has 0 bridgehead atoms. The molecule has 0 aliphatic carbocycles. The molecular weight excluding hydrogens is 344 g/mol. The molecule has 0 unspecified atom stereocenters. The highest BCUT2D eigenvalue weighted by molar-refractivity contribution is 7.97. The minimum absolute atomic E-state index is 0.0453. The van der Waals surface area contributed by atoms with Gasteiger partial charge < -0.3 is 15.2 Å². The summed E-state index contributed by atoms with van der Waals surface area (Å²) in [6, 6.07) is 15.9. The van der Waals surface area contributed by atoms with E-state index in [1.807, 2.05) is 53.3 Å². The number of fused-ring (bicyclic) bond motifs is 1. The van der Waals surface area contributed by atoms with Crippen molar-refractivity contribution in [2.45, 2.75) is 25.8 Å². The molecule has 1 amide bonds. The van der Waals surface area contributed by atoms with Crippen LogP contribution in [0.15, 0.2) is 48.5 Å². The van der Waals surface area contributed by atoms with E-state index in [0.717, 1.165) is 47.0 Å². The number of rotatable bonds is 8. The predicted octanol–water partition coefficient (Wildman–Crippen LogP) is 3.65. The molecule has 26 heavy (non-hydrogen) atoms. The van der Waals surface area contributed by atoms with E-state index in [9.17, 15) is 4.79 Å². The van der Waals surface area contributed by atoms with E-state index in [2.05, 4.69) is 28.6 Å². The Morgan fingerprint density at radius 2 is 2.04 bits per heavy atom. The highest BCUT2D eigenvalue weighted by Gasteiger charge is 2.13. The number of carbonyl (C=O) groups excluding carboxylic acids is 1. The first-order valence-electron chi connectivity index (χ1n) is 8.74. The number of amides is 1. The van der Waals surface area contributed by atoms with Gasteiger partial charge in [0.05, 0.1) is 16.8 Å². The summed E-state index contributed by atoms with van der Waals surface area (Å²) in [6.07, 6.45) is 2.04. The van der Waals surface area contributed by atoms with Crippen molar-refractivity contribution in [2.75, 3.05) is 18.1 Å². The number of para-hydroxylation sites is 2. The van der Waals surface area contributed by atoms with Gasteiger partial charge in [0.15, 0.2) is 0 Å². The second-order valence-electron chi connectivity index (χ2n) is 6.06. The summed E-state index contributed by atoms with van der Waals surface area (Å²) in [5.41, 5.74) is 3.90. The first kappa shape index (κ1) is 18.5. The zero-order chi connectivity index (χ0) is 18.4. The van der Waals surface area contributed by atoms with E-state index >= 15 is 0 Å². The van der Waals surface area contributed by atoms with Crippen molar-refractivity contribution in [3.8, 4) is 0 Å². The van der Waals surface area contributed by atoms with Crippen molar-refractivity contribution in [1.29, 1.82) is 0 Å². The molecule has 3 aromatic rings. The van der Waals surface area contributed by atoms with Crippen LogP contribution in [0.1, 0.15) is 18.3 Å². The van der Waals surface area contributed by atoms with Crippen LogP contribution < -0.4 is 10.6 Å². The molecule has 2 N–H and O–H groups in total. The van der Waals surface area contributed by atoms with Crippen LogP contribution in [-0.2, 0) is 23.6 Å². The summed E-state index contributed by atoms with van der Waals surface area (Å²) in [4.78, 5) is 17.3. The van der Waals surface area contributed by atoms with E-state index in [4.69, 9.17) is 0 Å². The standard InChI is InChI=1S/C20H24N4OS/c1-3-21-12-15-7-6-8-16(11-15)22-20(25)13-24-18-10-5-4-9-17(18)23-19(24)14-26-2/h4-11,21H,3,12-14H2,1-2H3,(H,22,25). The van der Waals surface area contributed by atoms with E-state index in [-0.39, 0.29) is 12.5 Å². The lowest BCUT2D eigenvalue weighted by molar-refractivity contribution is -0.116. The highest BCUT2D eigenvalue weighted by atomic mass is 32.2. The second-order valence-corrected chi connectivity index (χ2v) is 6.93. The summed E-state index contributed by atoms with van der Waals surface area (Å²) < 4.78 is 2.00. The van der Waals surface area contributed by atoms with Crippen molar-refractivity contribution in [3.05, 3.63) is 59.9 Å². The first-order valence-corrected chi connectivity index (χ1v) is 10.1. The van der Waals surface area contributed by atoms with E-state index in [0.29, 0.717) is 0 Å². The van der Waals surface area contributed by atoms with Crippen LogP contribution in [0.5, 0.6) is 0 Å². The van der Waals surface area contributed by atoms with Crippen molar-refractivity contribution < 1.29 is 4.79 Å². The quantitative estimate of drug-likeness (QED) is 0.637. The number of thioether (sulfide) groups is 1. The molecule has 0 fully saturated rings. The number of nitrogens with one attached hydrogen (secondary N) is 2. The van der Waals surface area contributed by atoms with Gasteiger partial charge in [-0.2, -0.15) is 11.8 Å². The van der Waals surface area contributed by atoms with Gasteiger partial charge in [-0.1, -0.05) is 31.2 Å². The van der Waals surface area contributed by atoms with E-state index in [1.54, 1.807) is 11.8 Å². The molecule has 0 atom stereocenters. The molecule has 0 radical (unpaired) electrons. The average molecular weight is 369 g/mol. The number of hydrogen-bond donors (Lipinski definition) is 2. The third kappa shape index (κ3) is 4.45. The average Bonchev–Trinajstić information content (AvgIpc) is 2.98. The Morgan fingerprint density at radius 3 is 2.85 bits per heavy atom. The zero-order valence-corrected chi connectivity index (χ0v) is 16.0. The van der Waals surface area contributed by atoms with Gasteiger partial charge in [0, 0.05) is 12.2 Å². The lowest BCUT2D eigenvalue weighted by atomic mass is 10.2.